The standard InChI is InChI=1S/C15H10ClN5S3.C15H11N5S3/c16-11-5-3-10(4-6-11)13-9-23-15(17-13)24-14-18-19-20-21(14)8-12-2-1-7-22-12;1-2-5-11(6-3-1)13-10-22-15(16-13)23-14-17-18-19-20(14)9-12-7-4-8-21-12/h1-7,9H,8H2;1-8,10H,9H2. The lowest BCUT2D eigenvalue weighted by molar-refractivity contribution is 0.608. The van der Waals surface area contributed by atoms with Crippen LogP contribution in [0.5, 0.6) is 0 Å². The molecule has 0 saturated carbocycles. The number of tetrazole rings is 2. The zero-order valence-corrected chi connectivity index (χ0v) is 29.7. The number of hydrogen-bond acceptors (Lipinski definition) is 14. The molecule has 0 atom stereocenters. The largest absolute Gasteiger partial charge is 0.229 e. The molecule has 2 aromatic carbocycles. The second-order valence-electron chi connectivity index (χ2n) is 9.47. The van der Waals surface area contributed by atoms with E-state index in [0.29, 0.717) is 13.1 Å². The Morgan fingerprint density at radius 1 is 0.574 bits per heavy atom. The van der Waals surface area contributed by atoms with Crippen molar-refractivity contribution in [2.24, 2.45) is 0 Å². The van der Waals surface area contributed by atoms with Crippen molar-refractivity contribution in [3.8, 4) is 22.5 Å². The van der Waals surface area contributed by atoms with Gasteiger partial charge in [0.15, 0.2) is 8.68 Å². The smallest absolute Gasteiger partial charge is 0.216 e. The molecule has 0 saturated heterocycles. The van der Waals surface area contributed by atoms with E-state index in [-0.39, 0.29) is 0 Å². The maximum Gasteiger partial charge on any atom is 0.216 e. The number of aromatic nitrogens is 10. The number of thiophene rings is 2. The number of benzene rings is 2. The van der Waals surface area contributed by atoms with E-state index in [4.69, 9.17) is 11.6 Å². The summed E-state index contributed by atoms with van der Waals surface area (Å²) in [5.74, 6) is 0. The minimum absolute atomic E-state index is 0.669. The van der Waals surface area contributed by atoms with Gasteiger partial charge in [-0.15, -0.1) is 55.5 Å². The second-order valence-corrected chi connectivity index (χ2v) is 16.1. The first kappa shape index (κ1) is 31.8. The van der Waals surface area contributed by atoms with Gasteiger partial charge in [0.05, 0.1) is 24.5 Å². The van der Waals surface area contributed by atoms with Crippen LogP contribution < -0.4 is 0 Å². The highest BCUT2D eigenvalue weighted by Crippen LogP contribution is 2.33. The van der Waals surface area contributed by atoms with Crippen LogP contribution in [-0.4, -0.2) is 50.4 Å². The fourth-order valence-electron chi connectivity index (χ4n) is 4.10. The number of hydrogen-bond donors (Lipinski definition) is 0. The van der Waals surface area contributed by atoms with Gasteiger partial charge in [-0.1, -0.05) is 66.2 Å². The van der Waals surface area contributed by atoms with Crippen molar-refractivity contribution in [3.63, 3.8) is 0 Å². The average molecular weight is 749 g/mol. The van der Waals surface area contributed by atoms with Gasteiger partial charge in [0.2, 0.25) is 10.3 Å². The molecule has 0 amide bonds. The third-order valence-electron chi connectivity index (χ3n) is 6.30. The molecule has 0 unspecified atom stereocenters. The molecule has 234 valence electrons. The summed E-state index contributed by atoms with van der Waals surface area (Å²) in [6, 6.07) is 26.0. The highest BCUT2D eigenvalue weighted by atomic mass is 35.5. The summed E-state index contributed by atoms with van der Waals surface area (Å²) in [7, 11) is 0. The van der Waals surface area contributed by atoms with Gasteiger partial charge >= 0.3 is 0 Å². The first-order chi connectivity index (χ1) is 23.2. The van der Waals surface area contributed by atoms with Gasteiger partial charge in [-0.05, 0) is 79.4 Å². The Kier molecular flexibility index (Phi) is 10.4. The SMILES string of the molecule is Clc1ccc(-c2csc(Sc3nnnn3Cc3cccs3)n2)cc1.c1ccc(-c2csc(Sc3nnnn3Cc3cccs3)n2)cc1. The van der Waals surface area contributed by atoms with E-state index in [1.807, 2.05) is 65.4 Å². The van der Waals surface area contributed by atoms with Crippen LogP contribution in [0.25, 0.3) is 22.5 Å². The topological polar surface area (TPSA) is 113 Å². The van der Waals surface area contributed by atoms with Crippen LogP contribution in [0.2, 0.25) is 5.02 Å². The maximum atomic E-state index is 5.93. The van der Waals surface area contributed by atoms with E-state index < -0.39 is 0 Å². The van der Waals surface area contributed by atoms with E-state index in [2.05, 4.69) is 76.0 Å². The monoisotopic (exact) mass is 748 g/mol. The second kappa shape index (κ2) is 15.4. The Morgan fingerprint density at radius 2 is 1.09 bits per heavy atom. The molecular weight excluding hydrogens is 728 g/mol. The lowest BCUT2D eigenvalue weighted by atomic mass is 10.2. The van der Waals surface area contributed by atoms with Crippen LogP contribution in [0, 0.1) is 0 Å². The van der Waals surface area contributed by atoms with Crippen molar-refractivity contribution < 1.29 is 0 Å². The van der Waals surface area contributed by atoms with E-state index in [1.54, 1.807) is 54.7 Å². The molecule has 6 heterocycles. The summed E-state index contributed by atoms with van der Waals surface area (Å²) in [6.07, 6.45) is 0. The number of nitrogens with zero attached hydrogens (tertiary/aromatic N) is 10. The molecular formula is C30H21ClN10S6. The molecule has 10 nitrogen and oxygen atoms in total. The molecule has 0 aliphatic rings. The first-order valence-corrected chi connectivity index (χ1v) is 19.3. The van der Waals surface area contributed by atoms with Gasteiger partial charge in [-0.2, -0.15) is 0 Å². The van der Waals surface area contributed by atoms with Crippen molar-refractivity contribution in [2.45, 2.75) is 32.1 Å². The highest BCUT2D eigenvalue weighted by molar-refractivity contribution is 8.01. The summed E-state index contributed by atoms with van der Waals surface area (Å²) < 4.78 is 5.44. The van der Waals surface area contributed by atoms with Crippen molar-refractivity contribution in [1.29, 1.82) is 0 Å². The fraction of sp³-hybridized carbons (Fsp3) is 0.0667. The van der Waals surface area contributed by atoms with Crippen LogP contribution in [0.15, 0.2) is 119 Å². The quantitative estimate of drug-likeness (QED) is 0.135. The van der Waals surface area contributed by atoms with Crippen molar-refractivity contribution in [2.75, 3.05) is 0 Å². The Balaban J connectivity index is 0.000000150. The molecule has 0 radical (unpaired) electrons. The van der Waals surface area contributed by atoms with E-state index in [1.165, 1.54) is 33.3 Å². The van der Waals surface area contributed by atoms with Gasteiger partial charge in [0.25, 0.3) is 0 Å². The third kappa shape index (κ3) is 8.39. The predicted octanol–water partition coefficient (Wildman–Crippen LogP) is 8.77. The Bertz CT molecular complexity index is 2120. The van der Waals surface area contributed by atoms with Gasteiger partial charge in [0.1, 0.15) is 0 Å². The molecule has 8 aromatic rings. The molecule has 0 bridgehead atoms. The van der Waals surface area contributed by atoms with E-state index in [9.17, 15) is 0 Å². The molecule has 0 aliphatic carbocycles. The van der Waals surface area contributed by atoms with Crippen LogP contribution in [0.1, 0.15) is 9.75 Å². The number of rotatable bonds is 10. The first-order valence-electron chi connectivity index (χ1n) is 13.8. The maximum absolute atomic E-state index is 5.93. The predicted molar refractivity (Wildman–Crippen MR) is 191 cm³/mol. The Hall–Kier alpha value is -3.77. The highest BCUT2D eigenvalue weighted by Gasteiger charge is 2.14. The van der Waals surface area contributed by atoms with Crippen molar-refractivity contribution >= 4 is 80.5 Å². The summed E-state index contributed by atoms with van der Waals surface area (Å²) in [5.41, 5.74) is 4.07. The van der Waals surface area contributed by atoms with Gasteiger partial charge in [-0.25, -0.2) is 19.3 Å². The molecule has 0 N–H and O–H groups in total. The minimum atomic E-state index is 0.669. The zero-order valence-electron chi connectivity index (χ0n) is 24.0. The molecule has 47 heavy (non-hydrogen) atoms. The lowest BCUT2D eigenvalue weighted by Gasteiger charge is -2.00. The van der Waals surface area contributed by atoms with Crippen molar-refractivity contribution in [1.82, 2.24) is 50.4 Å². The molecule has 0 aliphatic heterocycles. The van der Waals surface area contributed by atoms with E-state index in [0.717, 1.165) is 46.5 Å². The van der Waals surface area contributed by atoms with E-state index >= 15 is 0 Å². The number of thiazole rings is 2. The Labute approximate surface area is 298 Å². The zero-order chi connectivity index (χ0) is 31.8. The minimum Gasteiger partial charge on any atom is -0.229 e. The van der Waals surface area contributed by atoms with Crippen LogP contribution >= 0.6 is 80.5 Å². The Morgan fingerprint density at radius 3 is 1.57 bits per heavy atom. The van der Waals surface area contributed by atoms with Gasteiger partial charge < -0.3 is 0 Å². The van der Waals surface area contributed by atoms with Gasteiger partial charge in [-0.3, -0.25) is 0 Å². The number of halogens is 1. The lowest BCUT2D eigenvalue weighted by Crippen LogP contribution is -2.02. The molecule has 6 aromatic heterocycles. The molecule has 0 fully saturated rings. The van der Waals surface area contributed by atoms with Crippen molar-refractivity contribution in [3.05, 3.63) is 115 Å². The molecule has 8 rings (SSSR count). The summed E-state index contributed by atoms with van der Waals surface area (Å²) in [5, 5.41) is 34.3. The fourth-order valence-corrected chi connectivity index (χ4v) is 8.99. The normalized spacial score (nSPS) is 11.0. The summed E-state index contributed by atoms with van der Waals surface area (Å²) in [4.78, 5) is 11.8. The summed E-state index contributed by atoms with van der Waals surface area (Å²) in [6.45, 7) is 1.35. The van der Waals surface area contributed by atoms with Crippen LogP contribution in [0.4, 0.5) is 0 Å². The third-order valence-corrected chi connectivity index (χ3v) is 12.1. The van der Waals surface area contributed by atoms with Crippen LogP contribution in [-0.2, 0) is 13.1 Å². The van der Waals surface area contributed by atoms with Gasteiger partial charge in [0, 0.05) is 36.7 Å². The van der Waals surface area contributed by atoms with Crippen LogP contribution in [0.3, 0.4) is 0 Å². The molecule has 17 heteroatoms. The molecule has 0 spiro atoms. The summed E-state index contributed by atoms with van der Waals surface area (Å²) >= 11 is 15.5. The average Bonchev–Trinajstić information content (AvgIpc) is 3.95.